The third kappa shape index (κ3) is 3.22. The van der Waals surface area contributed by atoms with Crippen molar-refractivity contribution in [3.8, 4) is 0 Å². The van der Waals surface area contributed by atoms with Crippen molar-refractivity contribution in [2.24, 2.45) is 0 Å². The standard InChI is InChI=1S/C14H13NO4/c16-13(17)6-8-15(12-4-2-1-3-5-12)14(18)11-7-9-19-10-11/h1-5,7,9-10H,6,8H2,(H,16,17). The number of carboxylic acids is 1. The molecule has 5 heteroatoms. The Hall–Kier alpha value is -2.56. The van der Waals surface area contributed by atoms with Crippen LogP contribution in [0.3, 0.4) is 0 Å². The number of furan rings is 1. The molecule has 0 aliphatic heterocycles. The number of carbonyl (C=O) groups excluding carboxylic acids is 1. The van der Waals surface area contributed by atoms with E-state index in [0.717, 1.165) is 0 Å². The molecule has 1 N–H and O–H groups in total. The highest BCUT2D eigenvalue weighted by Gasteiger charge is 2.19. The smallest absolute Gasteiger partial charge is 0.305 e. The zero-order valence-corrected chi connectivity index (χ0v) is 10.2. The van der Waals surface area contributed by atoms with Gasteiger partial charge in [0.25, 0.3) is 5.91 Å². The minimum absolute atomic E-state index is 0.113. The van der Waals surface area contributed by atoms with E-state index in [0.29, 0.717) is 11.3 Å². The van der Waals surface area contributed by atoms with Crippen molar-refractivity contribution < 1.29 is 19.1 Å². The number of rotatable bonds is 5. The lowest BCUT2D eigenvalue weighted by Gasteiger charge is -2.21. The third-order valence-corrected chi connectivity index (χ3v) is 2.63. The molecule has 0 unspecified atom stereocenters. The first-order valence-corrected chi connectivity index (χ1v) is 5.79. The molecule has 2 rings (SSSR count). The van der Waals surface area contributed by atoms with Gasteiger partial charge in [-0.3, -0.25) is 9.59 Å². The molecular formula is C14H13NO4. The molecule has 1 amide bonds. The Labute approximate surface area is 110 Å². The lowest BCUT2D eigenvalue weighted by molar-refractivity contribution is -0.136. The van der Waals surface area contributed by atoms with Gasteiger partial charge in [-0.1, -0.05) is 18.2 Å². The summed E-state index contributed by atoms with van der Waals surface area (Å²) in [6.45, 7) is 0.114. The minimum Gasteiger partial charge on any atom is -0.481 e. The summed E-state index contributed by atoms with van der Waals surface area (Å²) < 4.78 is 4.88. The van der Waals surface area contributed by atoms with Crippen LogP contribution in [0.15, 0.2) is 53.3 Å². The second kappa shape index (κ2) is 5.86. The van der Waals surface area contributed by atoms with Gasteiger partial charge in [-0.05, 0) is 18.2 Å². The Balaban J connectivity index is 2.24. The number of aliphatic carboxylic acids is 1. The zero-order chi connectivity index (χ0) is 13.7. The maximum Gasteiger partial charge on any atom is 0.305 e. The summed E-state index contributed by atoms with van der Waals surface area (Å²) >= 11 is 0. The number of amides is 1. The van der Waals surface area contributed by atoms with E-state index in [1.165, 1.54) is 17.4 Å². The van der Waals surface area contributed by atoms with Gasteiger partial charge in [0.15, 0.2) is 0 Å². The van der Waals surface area contributed by atoms with Crippen LogP contribution >= 0.6 is 0 Å². The zero-order valence-electron chi connectivity index (χ0n) is 10.2. The number of carbonyl (C=O) groups is 2. The van der Waals surface area contributed by atoms with Gasteiger partial charge < -0.3 is 14.4 Å². The number of carboxylic acid groups (broad SMARTS) is 1. The predicted molar refractivity (Wildman–Crippen MR) is 69.1 cm³/mol. The summed E-state index contributed by atoms with van der Waals surface area (Å²) in [4.78, 5) is 24.4. The minimum atomic E-state index is -0.944. The van der Waals surface area contributed by atoms with Crippen LogP contribution in [0.4, 0.5) is 5.69 Å². The van der Waals surface area contributed by atoms with E-state index in [4.69, 9.17) is 9.52 Å². The quantitative estimate of drug-likeness (QED) is 0.895. The number of para-hydroxylation sites is 1. The Morgan fingerprint density at radius 2 is 1.89 bits per heavy atom. The average Bonchev–Trinajstić information content (AvgIpc) is 2.93. The second-order valence-corrected chi connectivity index (χ2v) is 3.95. The number of anilines is 1. The molecular weight excluding hydrogens is 246 g/mol. The Morgan fingerprint density at radius 1 is 1.16 bits per heavy atom. The summed E-state index contributed by atoms with van der Waals surface area (Å²) in [5.74, 6) is -1.22. The Morgan fingerprint density at radius 3 is 2.47 bits per heavy atom. The van der Waals surface area contributed by atoms with Crippen molar-refractivity contribution in [2.45, 2.75) is 6.42 Å². The van der Waals surface area contributed by atoms with E-state index < -0.39 is 5.97 Å². The summed E-state index contributed by atoms with van der Waals surface area (Å²) in [7, 11) is 0. The van der Waals surface area contributed by atoms with Crippen molar-refractivity contribution in [3.05, 3.63) is 54.5 Å². The molecule has 0 fully saturated rings. The summed E-state index contributed by atoms with van der Waals surface area (Å²) in [6.07, 6.45) is 2.64. The largest absolute Gasteiger partial charge is 0.481 e. The molecule has 98 valence electrons. The fourth-order valence-electron chi connectivity index (χ4n) is 1.71. The van der Waals surface area contributed by atoms with Crippen LogP contribution in [0.25, 0.3) is 0 Å². The molecule has 2 aromatic rings. The SMILES string of the molecule is O=C(O)CCN(C(=O)c1ccoc1)c1ccccc1. The molecule has 0 spiro atoms. The van der Waals surface area contributed by atoms with Crippen molar-refractivity contribution in [1.82, 2.24) is 0 Å². The van der Waals surface area contributed by atoms with Crippen molar-refractivity contribution >= 4 is 17.6 Å². The average molecular weight is 259 g/mol. The molecule has 0 aliphatic rings. The normalized spacial score (nSPS) is 10.1. The lowest BCUT2D eigenvalue weighted by atomic mass is 10.2. The molecule has 0 bridgehead atoms. The maximum atomic E-state index is 12.3. The number of hydrogen-bond donors (Lipinski definition) is 1. The van der Waals surface area contributed by atoms with Crippen molar-refractivity contribution in [3.63, 3.8) is 0 Å². The van der Waals surface area contributed by atoms with Crippen LogP contribution in [-0.4, -0.2) is 23.5 Å². The van der Waals surface area contributed by atoms with Gasteiger partial charge in [-0.25, -0.2) is 0 Å². The van der Waals surface area contributed by atoms with Crippen LogP contribution < -0.4 is 4.90 Å². The Bertz CT molecular complexity index is 548. The van der Waals surface area contributed by atoms with Gasteiger partial charge in [0.1, 0.15) is 6.26 Å². The predicted octanol–water partition coefficient (Wildman–Crippen LogP) is 2.40. The van der Waals surface area contributed by atoms with Gasteiger partial charge in [0, 0.05) is 12.2 Å². The first-order valence-electron chi connectivity index (χ1n) is 5.79. The van der Waals surface area contributed by atoms with Crippen LogP contribution in [0.1, 0.15) is 16.8 Å². The highest BCUT2D eigenvalue weighted by atomic mass is 16.4. The Kier molecular flexibility index (Phi) is 3.97. The van der Waals surface area contributed by atoms with Crippen LogP contribution in [0, 0.1) is 0 Å². The van der Waals surface area contributed by atoms with Crippen LogP contribution in [0.5, 0.6) is 0 Å². The highest BCUT2D eigenvalue weighted by molar-refractivity contribution is 6.06. The number of benzene rings is 1. The van der Waals surface area contributed by atoms with E-state index >= 15 is 0 Å². The molecule has 0 saturated heterocycles. The summed E-state index contributed by atoms with van der Waals surface area (Å²) in [6, 6.07) is 10.5. The molecule has 0 atom stereocenters. The van der Waals surface area contributed by atoms with Crippen LogP contribution in [0.2, 0.25) is 0 Å². The van der Waals surface area contributed by atoms with Gasteiger partial charge in [-0.2, -0.15) is 0 Å². The van der Waals surface area contributed by atoms with E-state index in [9.17, 15) is 9.59 Å². The molecule has 1 aromatic carbocycles. The molecule has 19 heavy (non-hydrogen) atoms. The number of hydrogen-bond acceptors (Lipinski definition) is 3. The van der Waals surface area contributed by atoms with E-state index in [-0.39, 0.29) is 18.9 Å². The second-order valence-electron chi connectivity index (χ2n) is 3.95. The van der Waals surface area contributed by atoms with Gasteiger partial charge >= 0.3 is 5.97 Å². The van der Waals surface area contributed by atoms with Crippen LogP contribution in [-0.2, 0) is 4.79 Å². The topological polar surface area (TPSA) is 70.8 Å². The monoisotopic (exact) mass is 259 g/mol. The first kappa shape index (κ1) is 12.9. The van der Waals surface area contributed by atoms with Gasteiger partial charge in [0.05, 0.1) is 18.2 Å². The van der Waals surface area contributed by atoms with Gasteiger partial charge in [0.2, 0.25) is 0 Å². The fraction of sp³-hybridized carbons (Fsp3) is 0.143. The molecule has 1 heterocycles. The van der Waals surface area contributed by atoms with E-state index in [1.54, 1.807) is 30.3 Å². The third-order valence-electron chi connectivity index (χ3n) is 2.63. The van der Waals surface area contributed by atoms with E-state index in [1.807, 2.05) is 6.07 Å². The van der Waals surface area contributed by atoms with Gasteiger partial charge in [-0.15, -0.1) is 0 Å². The van der Waals surface area contributed by atoms with Crippen molar-refractivity contribution in [1.29, 1.82) is 0 Å². The lowest BCUT2D eigenvalue weighted by Crippen LogP contribution is -2.32. The van der Waals surface area contributed by atoms with E-state index in [2.05, 4.69) is 0 Å². The molecule has 0 radical (unpaired) electrons. The first-order chi connectivity index (χ1) is 9.18. The molecule has 1 aromatic heterocycles. The molecule has 0 aliphatic carbocycles. The fourth-order valence-corrected chi connectivity index (χ4v) is 1.71. The highest BCUT2D eigenvalue weighted by Crippen LogP contribution is 2.17. The summed E-state index contributed by atoms with van der Waals surface area (Å²) in [5, 5.41) is 8.77. The maximum absolute atomic E-state index is 12.3. The molecule has 0 saturated carbocycles. The number of nitrogens with zero attached hydrogens (tertiary/aromatic N) is 1. The summed E-state index contributed by atoms with van der Waals surface area (Å²) in [5.41, 5.74) is 1.06. The van der Waals surface area contributed by atoms with Crippen molar-refractivity contribution in [2.75, 3.05) is 11.4 Å². The molecule has 5 nitrogen and oxygen atoms in total.